The van der Waals surface area contributed by atoms with Gasteiger partial charge in [0.25, 0.3) is 0 Å². The number of rotatable bonds is 3. The standard InChI is InChI=1S/C17H22FN5S/c1-21(2)16-19-17(24-20-16)23-9-12-8-22(3)15(14(12)10-23)11-5-4-6-13(18)7-11/h4-7,12,14-15H,8-10H2,1-3H3/t12-,14+,15-/m0/s1. The number of nitrogens with zero attached hydrogens (tertiary/aromatic N) is 5. The van der Waals surface area contributed by atoms with Gasteiger partial charge in [-0.25, -0.2) is 4.39 Å². The highest BCUT2D eigenvalue weighted by Crippen LogP contribution is 2.45. The second kappa shape index (κ2) is 5.97. The molecule has 0 amide bonds. The molecule has 5 nitrogen and oxygen atoms in total. The lowest BCUT2D eigenvalue weighted by atomic mass is 9.89. The lowest BCUT2D eigenvalue weighted by Gasteiger charge is -2.26. The van der Waals surface area contributed by atoms with Crippen LogP contribution in [0.2, 0.25) is 0 Å². The Morgan fingerprint density at radius 1 is 1.25 bits per heavy atom. The van der Waals surface area contributed by atoms with Gasteiger partial charge in [-0.1, -0.05) is 12.1 Å². The summed E-state index contributed by atoms with van der Waals surface area (Å²) in [7, 11) is 6.06. The van der Waals surface area contributed by atoms with Crippen molar-refractivity contribution in [3.63, 3.8) is 0 Å². The van der Waals surface area contributed by atoms with Gasteiger partial charge in [0.1, 0.15) is 5.82 Å². The lowest BCUT2D eigenvalue weighted by molar-refractivity contribution is 0.279. The molecule has 3 heterocycles. The molecule has 0 aliphatic carbocycles. The van der Waals surface area contributed by atoms with Crippen molar-refractivity contribution in [2.24, 2.45) is 11.8 Å². The normalized spacial score (nSPS) is 26.8. The van der Waals surface area contributed by atoms with Gasteiger partial charge in [-0.2, -0.15) is 9.36 Å². The number of hydrogen-bond donors (Lipinski definition) is 0. The summed E-state index contributed by atoms with van der Waals surface area (Å²) in [5, 5.41) is 0.994. The quantitative estimate of drug-likeness (QED) is 0.852. The van der Waals surface area contributed by atoms with Crippen molar-refractivity contribution in [3.05, 3.63) is 35.6 Å². The Morgan fingerprint density at radius 3 is 2.79 bits per heavy atom. The smallest absolute Gasteiger partial charge is 0.238 e. The van der Waals surface area contributed by atoms with E-state index in [4.69, 9.17) is 0 Å². The van der Waals surface area contributed by atoms with Gasteiger partial charge in [-0.3, -0.25) is 4.90 Å². The van der Waals surface area contributed by atoms with E-state index >= 15 is 0 Å². The molecule has 2 fully saturated rings. The fourth-order valence-electron chi connectivity index (χ4n) is 4.12. The molecule has 4 rings (SSSR count). The van der Waals surface area contributed by atoms with Gasteiger partial charge in [-0.15, -0.1) is 0 Å². The molecule has 3 atom stereocenters. The second-order valence-electron chi connectivity index (χ2n) is 7.04. The Bertz CT molecular complexity index is 733. The van der Waals surface area contributed by atoms with Crippen molar-refractivity contribution in [2.75, 3.05) is 50.6 Å². The molecule has 0 spiro atoms. The zero-order chi connectivity index (χ0) is 16.8. The number of anilines is 2. The minimum atomic E-state index is -0.154. The van der Waals surface area contributed by atoms with E-state index in [2.05, 4.69) is 26.2 Å². The first-order valence-electron chi connectivity index (χ1n) is 8.24. The van der Waals surface area contributed by atoms with Crippen molar-refractivity contribution >= 4 is 22.6 Å². The van der Waals surface area contributed by atoms with Crippen LogP contribution in [0.4, 0.5) is 15.5 Å². The van der Waals surface area contributed by atoms with Crippen molar-refractivity contribution in [3.8, 4) is 0 Å². The minimum Gasteiger partial charge on any atom is -0.346 e. The van der Waals surface area contributed by atoms with Crippen LogP contribution in [0, 0.1) is 17.7 Å². The summed E-state index contributed by atoms with van der Waals surface area (Å²) in [6.07, 6.45) is 0. The van der Waals surface area contributed by atoms with E-state index in [1.54, 1.807) is 6.07 Å². The highest BCUT2D eigenvalue weighted by atomic mass is 32.1. The highest BCUT2D eigenvalue weighted by molar-refractivity contribution is 7.09. The molecule has 1 aromatic carbocycles. The third-order valence-corrected chi connectivity index (χ3v) is 5.93. The van der Waals surface area contributed by atoms with Crippen LogP contribution in [0.5, 0.6) is 0 Å². The van der Waals surface area contributed by atoms with Gasteiger partial charge in [0.05, 0.1) is 0 Å². The molecule has 24 heavy (non-hydrogen) atoms. The predicted molar refractivity (Wildman–Crippen MR) is 95.2 cm³/mol. The number of hydrogen-bond acceptors (Lipinski definition) is 6. The van der Waals surface area contributed by atoms with Crippen LogP contribution in [0.3, 0.4) is 0 Å². The molecule has 2 aromatic rings. The molecule has 0 radical (unpaired) electrons. The van der Waals surface area contributed by atoms with E-state index in [0.29, 0.717) is 11.8 Å². The zero-order valence-electron chi connectivity index (χ0n) is 14.2. The van der Waals surface area contributed by atoms with Crippen molar-refractivity contribution in [2.45, 2.75) is 6.04 Å². The van der Waals surface area contributed by atoms with Crippen LogP contribution in [0.15, 0.2) is 24.3 Å². The lowest BCUT2D eigenvalue weighted by Crippen LogP contribution is -2.29. The number of likely N-dealkylation sites (tertiary alicyclic amines) is 1. The third kappa shape index (κ3) is 2.65. The van der Waals surface area contributed by atoms with E-state index < -0.39 is 0 Å². The van der Waals surface area contributed by atoms with Crippen LogP contribution >= 0.6 is 11.5 Å². The molecular formula is C17H22FN5S. The summed E-state index contributed by atoms with van der Waals surface area (Å²) >= 11 is 1.46. The van der Waals surface area contributed by atoms with Crippen LogP contribution in [0.1, 0.15) is 11.6 Å². The van der Waals surface area contributed by atoms with E-state index in [9.17, 15) is 4.39 Å². The highest BCUT2D eigenvalue weighted by Gasteiger charge is 2.46. The molecule has 7 heteroatoms. The van der Waals surface area contributed by atoms with Crippen molar-refractivity contribution in [1.82, 2.24) is 14.3 Å². The topological polar surface area (TPSA) is 35.5 Å². The summed E-state index contributed by atoms with van der Waals surface area (Å²) in [5.41, 5.74) is 1.08. The number of benzene rings is 1. The predicted octanol–water partition coefficient (Wildman–Crippen LogP) is 2.48. The Morgan fingerprint density at radius 2 is 2.08 bits per heavy atom. The van der Waals surface area contributed by atoms with E-state index in [1.807, 2.05) is 31.1 Å². The fraction of sp³-hybridized carbons (Fsp3) is 0.529. The first-order valence-corrected chi connectivity index (χ1v) is 9.02. The van der Waals surface area contributed by atoms with Gasteiger partial charge < -0.3 is 9.80 Å². The average Bonchev–Trinajstić information content (AvgIpc) is 3.20. The number of fused-ring (bicyclic) bond motifs is 1. The zero-order valence-corrected chi connectivity index (χ0v) is 15.0. The van der Waals surface area contributed by atoms with Crippen LogP contribution < -0.4 is 9.80 Å². The van der Waals surface area contributed by atoms with Crippen molar-refractivity contribution < 1.29 is 4.39 Å². The maximum absolute atomic E-state index is 13.7. The molecule has 2 aliphatic rings. The number of aromatic nitrogens is 2. The minimum absolute atomic E-state index is 0.154. The first-order chi connectivity index (χ1) is 11.5. The molecule has 0 unspecified atom stereocenters. The Balaban J connectivity index is 1.56. The van der Waals surface area contributed by atoms with Crippen molar-refractivity contribution in [1.29, 1.82) is 0 Å². The van der Waals surface area contributed by atoms with E-state index in [1.165, 1.54) is 17.6 Å². The fourth-order valence-corrected chi connectivity index (χ4v) is 4.88. The van der Waals surface area contributed by atoms with Crippen LogP contribution in [0.25, 0.3) is 0 Å². The summed E-state index contributed by atoms with van der Waals surface area (Å²) in [5.74, 6) is 1.71. The Hall–Kier alpha value is -1.73. The molecule has 0 N–H and O–H groups in total. The van der Waals surface area contributed by atoms with Crippen LogP contribution in [-0.2, 0) is 0 Å². The molecule has 128 valence electrons. The van der Waals surface area contributed by atoms with Gasteiger partial charge in [0.15, 0.2) is 0 Å². The van der Waals surface area contributed by atoms with Gasteiger partial charge in [0.2, 0.25) is 11.1 Å². The monoisotopic (exact) mass is 347 g/mol. The Kier molecular flexibility index (Phi) is 3.92. The molecule has 2 aliphatic heterocycles. The average molecular weight is 347 g/mol. The summed E-state index contributed by atoms with van der Waals surface area (Å²) < 4.78 is 18.1. The molecular weight excluding hydrogens is 325 g/mol. The van der Waals surface area contributed by atoms with E-state index in [-0.39, 0.29) is 11.9 Å². The summed E-state index contributed by atoms with van der Waals surface area (Å²) in [4.78, 5) is 11.3. The Labute approximate surface area is 145 Å². The van der Waals surface area contributed by atoms with Gasteiger partial charge >= 0.3 is 0 Å². The molecule has 2 saturated heterocycles. The van der Waals surface area contributed by atoms with Gasteiger partial charge in [-0.05, 0) is 30.7 Å². The maximum Gasteiger partial charge on any atom is 0.238 e. The second-order valence-corrected chi connectivity index (χ2v) is 7.77. The van der Waals surface area contributed by atoms with E-state index in [0.717, 1.165) is 36.3 Å². The summed E-state index contributed by atoms with van der Waals surface area (Å²) in [6, 6.07) is 7.33. The third-order valence-electron chi connectivity index (χ3n) is 5.16. The maximum atomic E-state index is 13.7. The SMILES string of the molecule is CN(C)c1nsc(N2C[C@@H]3CN(C)[C@@H](c4cccc(F)c4)[C@@H]3C2)n1. The molecule has 0 bridgehead atoms. The first kappa shape index (κ1) is 15.8. The molecule has 1 aromatic heterocycles. The van der Waals surface area contributed by atoms with Crippen LogP contribution in [-0.4, -0.2) is 55.0 Å². The van der Waals surface area contributed by atoms with Gasteiger partial charge in [0, 0.05) is 57.2 Å². The molecule has 0 saturated carbocycles. The largest absolute Gasteiger partial charge is 0.346 e. The number of halogens is 1. The summed E-state index contributed by atoms with van der Waals surface area (Å²) in [6.45, 7) is 3.00.